The molecule has 0 aromatic carbocycles. The monoisotopic (exact) mass is 164 g/mol. The van der Waals surface area contributed by atoms with Crippen LogP contribution in [0.25, 0.3) is 0 Å². The van der Waals surface area contributed by atoms with Crippen LogP contribution in [0.5, 0.6) is 0 Å². The highest BCUT2D eigenvalue weighted by atomic mass is 15.1. The van der Waals surface area contributed by atoms with Crippen molar-refractivity contribution < 1.29 is 0 Å². The highest BCUT2D eigenvalue weighted by Gasteiger charge is 2.18. The highest BCUT2D eigenvalue weighted by Crippen LogP contribution is 2.13. The molecule has 2 N–H and O–H groups in total. The average molecular weight is 164 g/mol. The van der Waals surface area contributed by atoms with Gasteiger partial charge in [0.25, 0.3) is 0 Å². The lowest BCUT2D eigenvalue weighted by Crippen LogP contribution is -2.29. The van der Waals surface area contributed by atoms with Gasteiger partial charge >= 0.3 is 0 Å². The Kier molecular flexibility index (Phi) is 1.43. The number of aliphatic imine (C=N–C) groups is 1. The molecule has 2 heterocycles. The topological polar surface area (TPSA) is 56.2 Å². The number of rotatable bonds is 0. The van der Waals surface area contributed by atoms with E-state index in [1.807, 2.05) is 20.2 Å². The molecular formula is C8H12N4. The number of amidine groups is 1. The molecular weight excluding hydrogens is 152 g/mol. The van der Waals surface area contributed by atoms with Gasteiger partial charge in [0, 0.05) is 6.54 Å². The molecule has 64 valence electrons. The minimum Gasteiger partial charge on any atom is -0.382 e. The molecule has 4 nitrogen and oxygen atoms in total. The van der Waals surface area contributed by atoms with Gasteiger partial charge in [-0.3, -0.25) is 4.99 Å². The highest BCUT2D eigenvalue weighted by molar-refractivity contribution is 5.97. The van der Waals surface area contributed by atoms with E-state index in [0.717, 1.165) is 17.9 Å². The summed E-state index contributed by atoms with van der Waals surface area (Å²) in [5.41, 5.74) is 7.71. The molecule has 0 spiro atoms. The third-order valence-electron chi connectivity index (χ3n) is 2.08. The van der Waals surface area contributed by atoms with Gasteiger partial charge in [-0.05, 0) is 13.8 Å². The second kappa shape index (κ2) is 2.33. The molecule has 0 amide bonds. The van der Waals surface area contributed by atoms with Crippen molar-refractivity contribution in [1.29, 1.82) is 0 Å². The third kappa shape index (κ3) is 0.913. The van der Waals surface area contributed by atoms with E-state index in [9.17, 15) is 0 Å². The molecule has 1 aromatic rings. The first kappa shape index (κ1) is 7.34. The molecule has 0 bridgehead atoms. The molecule has 0 fully saturated rings. The van der Waals surface area contributed by atoms with Gasteiger partial charge in [-0.1, -0.05) is 0 Å². The van der Waals surface area contributed by atoms with Crippen molar-refractivity contribution in [2.45, 2.75) is 26.4 Å². The summed E-state index contributed by atoms with van der Waals surface area (Å²) in [6, 6.07) is 0.270. The Balaban J connectivity index is 2.55. The molecule has 1 aromatic heterocycles. The summed E-state index contributed by atoms with van der Waals surface area (Å²) in [6.45, 7) is 4.88. The first-order valence-electron chi connectivity index (χ1n) is 4.04. The van der Waals surface area contributed by atoms with Crippen molar-refractivity contribution in [3.63, 3.8) is 0 Å². The van der Waals surface area contributed by atoms with Crippen molar-refractivity contribution in [2.24, 2.45) is 10.7 Å². The molecule has 1 aliphatic rings. The van der Waals surface area contributed by atoms with E-state index in [1.54, 1.807) is 0 Å². The van der Waals surface area contributed by atoms with Crippen LogP contribution in [0.4, 0.5) is 0 Å². The fourth-order valence-electron chi connectivity index (χ4n) is 1.58. The standard InChI is InChI=1S/C8H12N4/c1-5-3-12-4-10-6(2)7(12)8(9)11-5/h4-5H,3H2,1-2H3,(H2,9,11). The summed E-state index contributed by atoms with van der Waals surface area (Å²) in [6.07, 6.45) is 1.82. The van der Waals surface area contributed by atoms with Gasteiger partial charge in [-0.2, -0.15) is 0 Å². The summed E-state index contributed by atoms with van der Waals surface area (Å²) >= 11 is 0. The van der Waals surface area contributed by atoms with Crippen molar-refractivity contribution in [3.05, 3.63) is 17.7 Å². The number of aryl methyl sites for hydroxylation is 1. The summed E-state index contributed by atoms with van der Waals surface area (Å²) in [4.78, 5) is 8.48. The van der Waals surface area contributed by atoms with E-state index in [1.165, 1.54) is 0 Å². The van der Waals surface area contributed by atoms with Crippen LogP contribution in [0, 0.1) is 6.92 Å². The van der Waals surface area contributed by atoms with Crippen LogP contribution in [-0.4, -0.2) is 21.4 Å². The van der Waals surface area contributed by atoms with E-state index in [0.29, 0.717) is 5.84 Å². The maximum atomic E-state index is 5.77. The lowest BCUT2D eigenvalue weighted by Gasteiger charge is -2.17. The number of hydrogen-bond donors (Lipinski definition) is 1. The molecule has 0 saturated carbocycles. The Hall–Kier alpha value is -1.32. The van der Waals surface area contributed by atoms with Crippen LogP contribution in [0.15, 0.2) is 11.3 Å². The average Bonchev–Trinajstić information content (AvgIpc) is 2.31. The Bertz CT molecular complexity index is 337. The fraction of sp³-hybridized carbons (Fsp3) is 0.500. The minimum atomic E-state index is 0.270. The number of aromatic nitrogens is 2. The zero-order valence-electron chi connectivity index (χ0n) is 7.28. The SMILES string of the molecule is Cc1ncn2c1C(N)=NC(C)C2. The van der Waals surface area contributed by atoms with Gasteiger partial charge in [0.05, 0.1) is 18.1 Å². The molecule has 0 saturated heterocycles. The van der Waals surface area contributed by atoms with Crippen LogP contribution < -0.4 is 5.73 Å². The van der Waals surface area contributed by atoms with Gasteiger partial charge in [0.1, 0.15) is 11.5 Å². The number of hydrogen-bond acceptors (Lipinski definition) is 3. The molecule has 4 heteroatoms. The van der Waals surface area contributed by atoms with Gasteiger partial charge in [-0.15, -0.1) is 0 Å². The minimum absolute atomic E-state index is 0.270. The van der Waals surface area contributed by atoms with Crippen molar-refractivity contribution >= 4 is 5.84 Å². The van der Waals surface area contributed by atoms with E-state index in [4.69, 9.17) is 5.73 Å². The van der Waals surface area contributed by atoms with Crippen LogP contribution >= 0.6 is 0 Å². The Morgan fingerprint density at radius 3 is 3.17 bits per heavy atom. The van der Waals surface area contributed by atoms with Crippen LogP contribution in [0.3, 0.4) is 0 Å². The predicted molar refractivity (Wildman–Crippen MR) is 47.2 cm³/mol. The molecule has 0 radical (unpaired) electrons. The largest absolute Gasteiger partial charge is 0.382 e. The molecule has 0 aliphatic carbocycles. The van der Waals surface area contributed by atoms with E-state index in [-0.39, 0.29) is 6.04 Å². The molecule has 2 rings (SSSR count). The first-order valence-corrected chi connectivity index (χ1v) is 4.04. The Morgan fingerprint density at radius 2 is 2.42 bits per heavy atom. The van der Waals surface area contributed by atoms with Crippen molar-refractivity contribution in [2.75, 3.05) is 0 Å². The zero-order chi connectivity index (χ0) is 8.72. The molecule has 1 unspecified atom stereocenters. The lowest BCUT2D eigenvalue weighted by molar-refractivity contribution is 0.571. The molecule has 12 heavy (non-hydrogen) atoms. The second-order valence-electron chi connectivity index (χ2n) is 3.19. The summed E-state index contributed by atoms with van der Waals surface area (Å²) in [5.74, 6) is 0.615. The first-order chi connectivity index (χ1) is 5.68. The van der Waals surface area contributed by atoms with Crippen molar-refractivity contribution in [3.8, 4) is 0 Å². The second-order valence-corrected chi connectivity index (χ2v) is 3.19. The predicted octanol–water partition coefficient (Wildman–Crippen LogP) is 0.299. The Morgan fingerprint density at radius 1 is 1.67 bits per heavy atom. The lowest BCUT2D eigenvalue weighted by atomic mass is 10.2. The molecule has 1 atom stereocenters. The van der Waals surface area contributed by atoms with Crippen LogP contribution in [0.1, 0.15) is 18.3 Å². The number of nitrogens with zero attached hydrogens (tertiary/aromatic N) is 3. The summed E-state index contributed by atoms with van der Waals surface area (Å²) < 4.78 is 2.06. The van der Waals surface area contributed by atoms with Crippen LogP contribution in [-0.2, 0) is 6.54 Å². The van der Waals surface area contributed by atoms with Gasteiger partial charge < -0.3 is 10.3 Å². The summed E-state index contributed by atoms with van der Waals surface area (Å²) in [7, 11) is 0. The van der Waals surface area contributed by atoms with E-state index < -0.39 is 0 Å². The van der Waals surface area contributed by atoms with Crippen molar-refractivity contribution in [1.82, 2.24) is 9.55 Å². The summed E-state index contributed by atoms with van der Waals surface area (Å²) in [5, 5.41) is 0. The normalized spacial score (nSPS) is 21.8. The van der Waals surface area contributed by atoms with Crippen LogP contribution in [0.2, 0.25) is 0 Å². The smallest absolute Gasteiger partial charge is 0.144 e. The Labute approximate surface area is 71.1 Å². The zero-order valence-corrected chi connectivity index (χ0v) is 7.28. The maximum absolute atomic E-state index is 5.77. The fourth-order valence-corrected chi connectivity index (χ4v) is 1.58. The van der Waals surface area contributed by atoms with E-state index >= 15 is 0 Å². The quantitative estimate of drug-likeness (QED) is 0.599. The number of fused-ring (bicyclic) bond motifs is 1. The van der Waals surface area contributed by atoms with Gasteiger partial charge in [0.2, 0.25) is 0 Å². The maximum Gasteiger partial charge on any atom is 0.144 e. The number of imidazole rings is 1. The number of nitrogens with two attached hydrogens (primary N) is 1. The van der Waals surface area contributed by atoms with Gasteiger partial charge in [-0.25, -0.2) is 4.98 Å². The van der Waals surface area contributed by atoms with Gasteiger partial charge in [0.15, 0.2) is 0 Å². The van der Waals surface area contributed by atoms with E-state index in [2.05, 4.69) is 14.5 Å². The third-order valence-corrected chi connectivity index (χ3v) is 2.08. The molecule has 1 aliphatic heterocycles.